The fraction of sp³-hybridized carbons (Fsp3) is 0.817. The van der Waals surface area contributed by atoms with Gasteiger partial charge in [0.25, 0.3) is 0 Å². The van der Waals surface area contributed by atoms with Crippen LogP contribution in [0.1, 0.15) is 239 Å². The van der Waals surface area contributed by atoms with Gasteiger partial charge in [-0.3, -0.25) is 4.79 Å². The first-order chi connectivity index (χ1) is 43.8. The Labute approximate surface area is 540 Å². The van der Waals surface area contributed by atoms with Gasteiger partial charge in [0.2, 0.25) is 5.91 Å². The Morgan fingerprint density at radius 1 is 0.411 bits per heavy atom. The summed E-state index contributed by atoms with van der Waals surface area (Å²) in [5.74, 6) is -0.277. The van der Waals surface area contributed by atoms with Crippen LogP contribution >= 0.6 is 0 Å². The Balaban J connectivity index is 1.38. The predicted octanol–water partition coefficient (Wildman–Crippen LogP) is 9.33. The zero-order valence-electron chi connectivity index (χ0n) is 55.1. The lowest BCUT2D eigenvalue weighted by Crippen LogP contribution is -2.66. The molecule has 0 aromatic heterocycles. The third kappa shape index (κ3) is 34.1. The van der Waals surface area contributed by atoms with Crippen molar-refractivity contribution >= 4 is 5.91 Å². The number of amides is 1. The molecular weight excluding hydrogens is 1150 g/mol. The molecule has 19 nitrogen and oxygen atoms in total. The third-order valence-corrected chi connectivity index (χ3v) is 17.3. The van der Waals surface area contributed by atoms with E-state index in [2.05, 4.69) is 79.9 Å². The molecule has 522 valence electrons. The number of unbranched alkanes of at least 4 members (excludes halogenated alkanes) is 27. The molecule has 17 unspecified atom stereocenters. The van der Waals surface area contributed by atoms with Crippen molar-refractivity contribution in [2.45, 2.75) is 343 Å². The van der Waals surface area contributed by atoms with E-state index in [9.17, 15) is 61.0 Å². The van der Waals surface area contributed by atoms with Gasteiger partial charge in [-0.25, -0.2) is 0 Å². The highest BCUT2D eigenvalue weighted by atomic mass is 16.8. The average Bonchev–Trinajstić information content (AvgIpc) is 0.908. The quantitative estimate of drug-likeness (QED) is 0.0199. The van der Waals surface area contributed by atoms with E-state index in [0.29, 0.717) is 6.42 Å². The SMILES string of the molecule is CC/C=C\C/C=C\C/C=C\C/C=C\C/C=C\CCCCCCCCCCCCCCCCCC(=O)NC(COC1OC(CO)C(OC2OC(CO)C(OC3OC(CO)C(O)C(O)C3O)C(O)C2O)C(O)C1O)C(O)/C=C/CCCCCCCCCCCCCC. The second kappa shape index (κ2) is 52.5. The summed E-state index contributed by atoms with van der Waals surface area (Å²) in [5, 5.41) is 120. The van der Waals surface area contributed by atoms with Crippen LogP contribution in [0, 0.1) is 0 Å². The minimum absolute atomic E-state index is 0.241. The zero-order chi connectivity index (χ0) is 65.4. The van der Waals surface area contributed by atoms with E-state index in [-0.39, 0.29) is 18.9 Å². The van der Waals surface area contributed by atoms with Crippen LogP contribution in [0.4, 0.5) is 0 Å². The number of rotatable bonds is 53. The summed E-state index contributed by atoms with van der Waals surface area (Å²) in [6.45, 7) is 1.61. The van der Waals surface area contributed by atoms with Crippen molar-refractivity contribution in [3.63, 3.8) is 0 Å². The fourth-order valence-corrected chi connectivity index (χ4v) is 11.6. The van der Waals surface area contributed by atoms with E-state index in [4.69, 9.17) is 28.4 Å². The van der Waals surface area contributed by atoms with Gasteiger partial charge in [-0.2, -0.15) is 0 Å². The Morgan fingerprint density at radius 3 is 1.20 bits per heavy atom. The number of aliphatic hydroxyl groups is 11. The predicted molar refractivity (Wildman–Crippen MR) is 351 cm³/mol. The monoisotopic (exact) mass is 1280 g/mol. The van der Waals surface area contributed by atoms with Crippen molar-refractivity contribution in [3.8, 4) is 0 Å². The van der Waals surface area contributed by atoms with Crippen molar-refractivity contribution in [3.05, 3.63) is 72.9 Å². The molecule has 1 amide bonds. The molecular formula is C71H125NO18. The van der Waals surface area contributed by atoms with E-state index in [1.165, 1.54) is 135 Å². The first-order valence-corrected chi connectivity index (χ1v) is 35.2. The van der Waals surface area contributed by atoms with Gasteiger partial charge >= 0.3 is 0 Å². The molecule has 17 atom stereocenters. The Morgan fingerprint density at radius 2 is 0.767 bits per heavy atom. The summed E-state index contributed by atoms with van der Waals surface area (Å²) in [6, 6.07) is -0.975. The molecule has 3 aliphatic rings. The summed E-state index contributed by atoms with van der Waals surface area (Å²) >= 11 is 0. The molecule has 3 rings (SSSR count). The molecule has 0 bridgehead atoms. The zero-order valence-corrected chi connectivity index (χ0v) is 55.1. The maximum Gasteiger partial charge on any atom is 0.220 e. The lowest BCUT2D eigenvalue weighted by Gasteiger charge is -2.48. The van der Waals surface area contributed by atoms with Gasteiger partial charge in [0, 0.05) is 6.42 Å². The fourth-order valence-electron chi connectivity index (χ4n) is 11.6. The summed E-state index contributed by atoms with van der Waals surface area (Å²) in [7, 11) is 0. The molecule has 0 radical (unpaired) electrons. The van der Waals surface area contributed by atoms with Crippen molar-refractivity contribution in [2.24, 2.45) is 0 Å². The molecule has 19 heteroatoms. The Kier molecular flexibility index (Phi) is 47.5. The maximum absolute atomic E-state index is 13.4. The molecule has 3 heterocycles. The number of ether oxygens (including phenoxy) is 6. The number of nitrogens with one attached hydrogen (secondary N) is 1. The van der Waals surface area contributed by atoms with Crippen LogP contribution in [0.5, 0.6) is 0 Å². The topological polar surface area (TPSA) is 307 Å². The summed E-state index contributed by atoms with van der Waals surface area (Å²) in [4.78, 5) is 13.4. The van der Waals surface area contributed by atoms with Crippen LogP contribution in [0.3, 0.4) is 0 Å². The van der Waals surface area contributed by atoms with Gasteiger partial charge in [-0.05, 0) is 64.2 Å². The van der Waals surface area contributed by atoms with Gasteiger partial charge < -0.3 is 89.9 Å². The van der Waals surface area contributed by atoms with Crippen molar-refractivity contribution in [1.82, 2.24) is 5.32 Å². The number of allylic oxidation sites excluding steroid dienone is 11. The average molecular weight is 1280 g/mol. The van der Waals surface area contributed by atoms with Gasteiger partial charge in [0.15, 0.2) is 18.9 Å². The smallest absolute Gasteiger partial charge is 0.220 e. The maximum atomic E-state index is 13.4. The summed E-state index contributed by atoms with van der Waals surface area (Å²) < 4.78 is 34.3. The van der Waals surface area contributed by atoms with E-state index in [1.54, 1.807) is 6.08 Å². The lowest BCUT2D eigenvalue weighted by molar-refractivity contribution is -0.379. The third-order valence-electron chi connectivity index (χ3n) is 17.3. The van der Waals surface area contributed by atoms with Crippen LogP contribution in [0.2, 0.25) is 0 Å². The second-order valence-electron chi connectivity index (χ2n) is 25.0. The lowest BCUT2D eigenvalue weighted by atomic mass is 9.96. The van der Waals surface area contributed by atoms with Crippen LogP contribution in [-0.2, 0) is 33.2 Å². The molecule has 0 aromatic rings. The Bertz CT molecular complexity index is 1920. The molecule has 90 heavy (non-hydrogen) atoms. The number of carbonyl (C=O) groups excluding carboxylic acids is 1. The van der Waals surface area contributed by atoms with Gasteiger partial charge in [0.1, 0.15) is 73.2 Å². The summed E-state index contributed by atoms with van der Waals surface area (Å²) in [5.41, 5.74) is 0. The van der Waals surface area contributed by atoms with Gasteiger partial charge in [0.05, 0.1) is 38.6 Å². The van der Waals surface area contributed by atoms with Crippen molar-refractivity contribution in [1.29, 1.82) is 0 Å². The van der Waals surface area contributed by atoms with Gasteiger partial charge in [-0.1, -0.05) is 241 Å². The number of carbonyl (C=O) groups is 1. The first kappa shape index (κ1) is 81.5. The first-order valence-electron chi connectivity index (χ1n) is 35.2. The molecule has 3 fully saturated rings. The molecule has 3 saturated heterocycles. The van der Waals surface area contributed by atoms with Crippen LogP contribution < -0.4 is 5.32 Å². The molecule has 0 aliphatic carbocycles. The van der Waals surface area contributed by atoms with Crippen LogP contribution in [0.25, 0.3) is 0 Å². The highest BCUT2D eigenvalue weighted by molar-refractivity contribution is 5.76. The number of hydrogen-bond donors (Lipinski definition) is 12. The van der Waals surface area contributed by atoms with E-state index >= 15 is 0 Å². The minimum Gasteiger partial charge on any atom is -0.394 e. The van der Waals surface area contributed by atoms with E-state index < -0.39 is 124 Å². The highest BCUT2D eigenvalue weighted by Gasteiger charge is 2.53. The molecule has 0 aromatic carbocycles. The molecule has 3 aliphatic heterocycles. The number of aliphatic hydroxyl groups excluding tert-OH is 11. The largest absolute Gasteiger partial charge is 0.394 e. The molecule has 0 saturated carbocycles. The molecule has 12 N–H and O–H groups in total. The van der Waals surface area contributed by atoms with Crippen molar-refractivity contribution in [2.75, 3.05) is 26.4 Å². The van der Waals surface area contributed by atoms with E-state index in [0.717, 1.165) is 77.0 Å². The van der Waals surface area contributed by atoms with Crippen LogP contribution in [0.15, 0.2) is 72.9 Å². The molecule has 0 spiro atoms. The Hall–Kier alpha value is -2.77. The highest BCUT2D eigenvalue weighted by Crippen LogP contribution is 2.33. The number of hydrogen-bond acceptors (Lipinski definition) is 18. The summed E-state index contributed by atoms with van der Waals surface area (Å²) in [6.07, 6.45) is 38.8. The second-order valence-corrected chi connectivity index (χ2v) is 25.0. The van der Waals surface area contributed by atoms with Gasteiger partial charge in [-0.15, -0.1) is 0 Å². The minimum atomic E-state index is -1.98. The van der Waals surface area contributed by atoms with Crippen molar-refractivity contribution < 1.29 is 89.4 Å². The normalized spacial score (nSPS) is 28.5. The van der Waals surface area contributed by atoms with E-state index in [1.807, 2.05) is 6.08 Å². The van der Waals surface area contributed by atoms with Crippen LogP contribution in [-0.4, -0.2) is 193 Å². The standard InChI is InChI=1S/C71H125NO18/c1-3-5-7-9-11-13-15-17-19-20-21-22-23-24-25-26-27-28-29-30-31-32-33-34-35-37-39-41-43-45-47-49-59(77)72-54(55(76)48-46-44-42-40-38-36-18-16-14-12-10-8-6-4-2)53-85-69-65(83)62(80)67(57(51-74)87-69)90-71-66(84)63(81)68(58(52-75)88-71)89-70-64(82)61(79)60(78)56(50-73)86-70/h5,7,11,13,17,19,21-22,24-25,46,48,54-58,60-71,73-76,78-84H,3-4,6,8-10,12,14-16,18,20,23,26-45,47,49-53H2,1-2H3,(H,72,77)/b7-5-,13-11-,19-17-,22-21-,25-24-,48-46+.